The van der Waals surface area contributed by atoms with Gasteiger partial charge < -0.3 is 10.1 Å². The zero-order chi connectivity index (χ0) is 13.4. The Bertz CT molecular complexity index is 402. The van der Waals surface area contributed by atoms with Crippen molar-refractivity contribution < 1.29 is 13.9 Å². The number of carbonyl (C=O) groups excluding carboxylic acids is 1. The Balaban J connectivity index is 2.34. The Morgan fingerprint density at radius 3 is 2.89 bits per heavy atom. The van der Waals surface area contributed by atoms with Crippen LogP contribution in [0.1, 0.15) is 16.8 Å². The first-order chi connectivity index (χ1) is 8.65. The van der Waals surface area contributed by atoms with Crippen molar-refractivity contribution in [2.75, 3.05) is 25.6 Å². The highest BCUT2D eigenvalue weighted by molar-refractivity contribution is 6.31. The van der Waals surface area contributed by atoms with Crippen LogP contribution < -0.4 is 5.32 Å². The number of alkyl halides is 1. The molecule has 0 aliphatic rings. The Hall–Kier alpha value is -0.840. The van der Waals surface area contributed by atoms with Gasteiger partial charge in [0.05, 0.1) is 12.2 Å². The standard InChI is InChI=1S/C12H14Cl2FNO2/c13-4-7-18-6-1-5-16-12(17)10-8-9(14)2-3-11(10)15/h2-3,8H,1,4-7H2,(H,16,17). The third kappa shape index (κ3) is 5.21. The van der Waals surface area contributed by atoms with Gasteiger partial charge in [-0.2, -0.15) is 0 Å². The van der Waals surface area contributed by atoms with Gasteiger partial charge in [-0.05, 0) is 24.6 Å². The number of benzene rings is 1. The molecule has 1 aromatic carbocycles. The SMILES string of the molecule is O=C(NCCCOCCCl)c1cc(Cl)ccc1F. The van der Waals surface area contributed by atoms with E-state index in [1.165, 1.54) is 18.2 Å². The van der Waals surface area contributed by atoms with E-state index in [-0.39, 0.29) is 5.56 Å². The van der Waals surface area contributed by atoms with Crippen LogP contribution >= 0.6 is 23.2 Å². The molecule has 0 aliphatic carbocycles. The summed E-state index contributed by atoms with van der Waals surface area (Å²) < 4.78 is 18.5. The van der Waals surface area contributed by atoms with Crippen molar-refractivity contribution >= 4 is 29.1 Å². The zero-order valence-corrected chi connectivity index (χ0v) is 11.2. The summed E-state index contributed by atoms with van der Waals surface area (Å²) in [6.07, 6.45) is 0.644. The lowest BCUT2D eigenvalue weighted by Gasteiger charge is -2.06. The van der Waals surface area contributed by atoms with Gasteiger partial charge in [0.25, 0.3) is 5.91 Å². The topological polar surface area (TPSA) is 38.3 Å². The van der Waals surface area contributed by atoms with Gasteiger partial charge in [-0.15, -0.1) is 11.6 Å². The average Bonchev–Trinajstić information content (AvgIpc) is 2.36. The summed E-state index contributed by atoms with van der Waals surface area (Å²) in [4.78, 5) is 11.6. The molecular weight excluding hydrogens is 280 g/mol. The molecule has 6 heteroatoms. The van der Waals surface area contributed by atoms with Crippen LogP contribution in [0.2, 0.25) is 5.02 Å². The molecule has 0 spiro atoms. The monoisotopic (exact) mass is 293 g/mol. The molecule has 1 amide bonds. The van der Waals surface area contributed by atoms with Crippen molar-refractivity contribution in [3.8, 4) is 0 Å². The van der Waals surface area contributed by atoms with E-state index in [1.807, 2.05) is 0 Å². The summed E-state index contributed by atoms with van der Waals surface area (Å²) in [6, 6.07) is 3.87. The van der Waals surface area contributed by atoms with E-state index in [0.717, 1.165) is 0 Å². The van der Waals surface area contributed by atoms with Crippen LogP contribution in [0, 0.1) is 5.82 Å². The van der Waals surface area contributed by atoms with Crippen molar-refractivity contribution in [3.63, 3.8) is 0 Å². The molecule has 18 heavy (non-hydrogen) atoms. The van der Waals surface area contributed by atoms with E-state index >= 15 is 0 Å². The van der Waals surface area contributed by atoms with Crippen LogP contribution in [0.15, 0.2) is 18.2 Å². The Labute approximate surface area is 115 Å². The summed E-state index contributed by atoms with van der Waals surface area (Å²) in [7, 11) is 0. The quantitative estimate of drug-likeness (QED) is 0.620. The molecule has 100 valence electrons. The third-order valence-corrected chi connectivity index (χ3v) is 2.53. The highest BCUT2D eigenvalue weighted by Gasteiger charge is 2.11. The first kappa shape index (κ1) is 15.2. The van der Waals surface area contributed by atoms with Gasteiger partial charge in [0.1, 0.15) is 5.82 Å². The van der Waals surface area contributed by atoms with Gasteiger partial charge in [-0.25, -0.2) is 4.39 Å². The molecule has 0 radical (unpaired) electrons. The molecule has 0 atom stereocenters. The molecule has 0 bridgehead atoms. The second-order valence-corrected chi connectivity index (χ2v) is 4.35. The van der Waals surface area contributed by atoms with Gasteiger partial charge in [0, 0.05) is 24.1 Å². The Morgan fingerprint density at radius 2 is 2.17 bits per heavy atom. The smallest absolute Gasteiger partial charge is 0.254 e. The molecular formula is C12H14Cl2FNO2. The van der Waals surface area contributed by atoms with Gasteiger partial charge >= 0.3 is 0 Å². The number of nitrogens with one attached hydrogen (secondary N) is 1. The number of hydrogen-bond acceptors (Lipinski definition) is 2. The van der Waals surface area contributed by atoms with Gasteiger partial charge in [0.15, 0.2) is 0 Å². The molecule has 3 nitrogen and oxygen atoms in total. The summed E-state index contributed by atoms with van der Waals surface area (Å²) in [5, 5.41) is 2.92. The first-order valence-corrected chi connectivity index (χ1v) is 6.43. The number of amides is 1. The van der Waals surface area contributed by atoms with Crippen LogP contribution in [0.4, 0.5) is 4.39 Å². The molecule has 0 fully saturated rings. The summed E-state index contributed by atoms with van der Waals surface area (Å²) in [5.41, 5.74) is -0.0517. The molecule has 0 aliphatic heterocycles. The lowest BCUT2D eigenvalue weighted by Crippen LogP contribution is -2.26. The van der Waals surface area contributed by atoms with Crippen LogP contribution in [0.3, 0.4) is 0 Å². The van der Waals surface area contributed by atoms with E-state index in [0.29, 0.717) is 37.1 Å². The predicted octanol–water partition coefficient (Wildman–Crippen LogP) is 2.85. The molecule has 1 N–H and O–H groups in total. The number of rotatable bonds is 7. The normalized spacial score (nSPS) is 10.4. The van der Waals surface area contributed by atoms with Crippen LogP contribution in [-0.4, -0.2) is 31.5 Å². The van der Waals surface area contributed by atoms with Crippen molar-refractivity contribution in [3.05, 3.63) is 34.6 Å². The van der Waals surface area contributed by atoms with Crippen molar-refractivity contribution in [1.29, 1.82) is 0 Å². The van der Waals surface area contributed by atoms with Gasteiger partial charge in [0.2, 0.25) is 0 Å². The lowest BCUT2D eigenvalue weighted by atomic mass is 10.2. The highest BCUT2D eigenvalue weighted by Crippen LogP contribution is 2.14. The zero-order valence-electron chi connectivity index (χ0n) is 9.72. The molecule has 1 rings (SSSR count). The predicted molar refractivity (Wildman–Crippen MR) is 69.9 cm³/mol. The Morgan fingerprint density at radius 1 is 1.39 bits per heavy atom. The molecule has 0 heterocycles. The maximum Gasteiger partial charge on any atom is 0.254 e. The van der Waals surface area contributed by atoms with Crippen LogP contribution in [0.25, 0.3) is 0 Å². The molecule has 0 unspecified atom stereocenters. The second-order valence-electron chi connectivity index (χ2n) is 3.53. The van der Waals surface area contributed by atoms with E-state index in [4.69, 9.17) is 27.9 Å². The summed E-state index contributed by atoms with van der Waals surface area (Å²) in [6.45, 7) is 1.40. The number of ether oxygens (including phenoxy) is 1. The lowest BCUT2D eigenvalue weighted by molar-refractivity contribution is 0.0940. The summed E-state index contributed by atoms with van der Waals surface area (Å²) >= 11 is 11.1. The number of halogens is 3. The minimum atomic E-state index is -0.588. The van der Waals surface area contributed by atoms with E-state index in [1.54, 1.807) is 0 Å². The number of hydrogen-bond donors (Lipinski definition) is 1. The average molecular weight is 294 g/mol. The van der Waals surface area contributed by atoms with Crippen LogP contribution in [0.5, 0.6) is 0 Å². The van der Waals surface area contributed by atoms with Crippen molar-refractivity contribution in [2.24, 2.45) is 0 Å². The maximum atomic E-state index is 13.3. The molecule has 0 aromatic heterocycles. The minimum Gasteiger partial charge on any atom is -0.380 e. The van der Waals surface area contributed by atoms with Crippen molar-refractivity contribution in [1.82, 2.24) is 5.32 Å². The Kier molecular flexibility index (Phi) is 7.01. The van der Waals surface area contributed by atoms with E-state index in [2.05, 4.69) is 5.32 Å². The fourth-order valence-corrected chi connectivity index (χ4v) is 1.58. The molecule has 0 saturated carbocycles. The molecule has 0 saturated heterocycles. The largest absolute Gasteiger partial charge is 0.380 e. The fraction of sp³-hybridized carbons (Fsp3) is 0.417. The number of carbonyl (C=O) groups is 1. The van der Waals surface area contributed by atoms with Crippen LogP contribution in [-0.2, 0) is 4.74 Å². The van der Waals surface area contributed by atoms with Gasteiger partial charge in [-0.1, -0.05) is 11.6 Å². The van der Waals surface area contributed by atoms with Crippen molar-refractivity contribution in [2.45, 2.75) is 6.42 Å². The highest BCUT2D eigenvalue weighted by atomic mass is 35.5. The van der Waals surface area contributed by atoms with E-state index in [9.17, 15) is 9.18 Å². The maximum absolute atomic E-state index is 13.3. The molecule has 1 aromatic rings. The third-order valence-electron chi connectivity index (χ3n) is 2.15. The summed E-state index contributed by atoms with van der Waals surface area (Å²) in [5.74, 6) is -0.622. The second kappa shape index (κ2) is 8.29. The van der Waals surface area contributed by atoms with Gasteiger partial charge in [-0.3, -0.25) is 4.79 Å². The first-order valence-electron chi connectivity index (χ1n) is 5.52. The fourth-order valence-electron chi connectivity index (χ4n) is 1.30. The minimum absolute atomic E-state index is 0.0517. The van der Waals surface area contributed by atoms with E-state index < -0.39 is 11.7 Å².